The van der Waals surface area contributed by atoms with Crippen LogP contribution in [0.5, 0.6) is 0 Å². The van der Waals surface area contributed by atoms with Crippen LogP contribution in [0.2, 0.25) is 0 Å². The highest BCUT2D eigenvalue weighted by Gasteiger charge is 2.14. The lowest BCUT2D eigenvalue weighted by molar-refractivity contribution is 0.249. The minimum atomic E-state index is -0.211. The van der Waals surface area contributed by atoms with E-state index in [0.29, 0.717) is 5.13 Å². The van der Waals surface area contributed by atoms with E-state index in [1.165, 1.54) is 16.2 Å². The summed E-state index contributed by atoms with van der Waals surface area (Å²) in [5, 5.41) is 11.2. The third-order valence-electron chi connectivity index (χ3n) is 2.27. The van der Waals surface area contributed by atoms with E-state index in [1.54, 1.807) is 32.1 Å². The largest absolute Gasteiger partial charge is 0.341 e. The summed E-state index contributed by atoms with van der Waals surface area (Å²) in [4.78, 5) is 17.1. The first-order chi connectivity index (χ1) is 9.20. The summed E-state index contributed by atoms with van der Waals surface area (Å²) in [5.41, 5.74) is 0.990. The average molecular weight is 295 g/mol. The molecule has 0 radical (unpaired) electrons. The van der Waals surface area contributed by atoms with Gasteiger partial charge in [-0.3, -0.25) is 9.88 Å². The van der Waals surface area contributed by atoms with Crippen molar-refractivity contribution in [3.8, 4) is 0 Å². The summed E-state index contributed by atoms with van der Waals surface area (Å²) in [6, 6.07) is 5.59. The molecule has 6 nitrogen and oxygen atoms in total. The van der Waals surface area contributed by atoms with Gasteiger partial charge >= 0.3 is 6.03 Å². The Morgan fingerprint density at radius 1 is 1.47 bits per heavy atom. The first-order valence-corrected chi connectivity index (χ1v) is 7.32. The van der Waals surface area contributed by atoms with Crippen LogP contribution in [0.3, 0.4) is 0 Å². The van der Waals surface area contributed by atoms with E-state index < -0.39 is 0 Å². The van der Waals surface area contributed by atoms with Gasteiger partial charge in [0, 0.05) is 26.0 Å². The number of aromatic nitrogens is 3. The van der Waals surface area contributed by atoms with Crippen molar-refractivity contribution in [2.45, 2.75) is 10.1 Å². The fourth-order valence-corrected chi connectivity index (χ4v) is 2.99. The number of amides is 2. The molecule has 1 N–H and O–H groups in total. The number of anilines is 1. The molecule has 0 spiro atoms. The standard InChI is InChI=1S/C11H13N5OS2/c1-12-9(17)16(2)10-14-15-11(19-10)18-7-8-5-3-4-6-13-8/h3-6H,7H2,1-2H3,(H,12,17). The van der Waals surface area contributed by atoms with Crippen molar-refractivity contribution >= 4 is 34.3 Å². The zero-order valence-corrected chi connectivity index (χ0v) is 12.2. The van der Waals surface area contributed by atoms with E-state index in [9.17, 15) is 4.79 Å². The molecule has 0 bridgehead atoms. The van der Waals surface area contributed by atoms with Crippen LogP contribution in [0.25, 0.3) is 0 Å². The Morgan fingerprint density at radius 3 is 3.00 bits per heavy atom. The predicted molar refractivity (Wildman–Crippen MR) is 76.6 cm³/mol. The number of rotatable bonds is 4. The molecule has 2 rings (SSSR count). The van der Waals surface area contributed by atoms with Gasteiger partial charge in [-0.15, -0.1) is 10.2 Å². The van der Waals surface area contributed by atoms with Gasteiger partial charge in [0.05, 0.1) is 5.69 Å². The Balaban J connectivity index is 1.96. The fraction of sp³-hybridized carbons (Fsp3) is 0.273. The molecular weight excluding hydrogens is 282 g/mol. The van der Waals surface area contributed by atoms with Crippen LogP contribution >= 0.6 is 23.1 Å². The van der Waals surface area contributed by atoms with Crippen LogP contribution in [0, 0.1) is 0 Å². The van der Waals surface area contributed by atoms with Gasteiger partial charge in [0.25, 0.3) is 0 Å². The van der Waals surface area contributed by atoms with E-state index in [0.717, 1.165) is 15.8 Å². The van der Waals surface area contributed by atoms with E-state index in [4.69, 9.17) is 0 Å². The molecule has 0 aromatic carbocycles. The number of hydrogen-bond acceptors (Lipinski definition) is 6. The molecule has 2 aromatic heterocycles. The number of nitrogens with one attached hydrogen (secondary N) is 1. The van der Waals surface area contributed by atoms with E-state index in [-0.39, 0.29) is 6.03 Å². The zero-order chi connectivity index (χ0) is 13.7. The minimum Gasteiger partial charge on any atom is -0.341 e. The maximum atomic E-state index is 11.4. The Morgan fingerprint density at radius 2 is 2.32 bits per heavy atom. The van der Waals surface area contributed by atoms with Gasteiger partial charge in [-0.2, -0.15) is 0 Å². The number of carbonyl (C=O) groups is 1. The average Bonchev–Trinajstić information content (AvgIpc) is 2.93. The number of nitrogens with zero attached hydrogens (tertiary/aromatic N) is 4. The smallest absolute Gasteiger partial charge is 0.323 e. The van der Waals surface area contributed by atoms with Gasteiger partial charge < -0.3 is 5.32 Å². The lowest BCUT2D eigenvalue weighted by atomic mass is 10.4. The molecule has 0 aliphatic carbocycles. The Bertz CT molecular complexity index is 545. The SMILES string of the molecule is CNC(=O)N(C)c1nnc(SCc2ccccn2)s1. The highest BCUT2D eigenvalue weighted by molar-refractivity contribution is 8.00. The quantitative estimate of drug-likeness (QED) is 0.690. The summed E-state index contributed by atoms with van der Waals surface area (Å²) in [6.45, 7) is 0. The van der Waals surface area contributed by atoms with Crippen molar-refractivity contribution in [3.05, 3.63) is 30.1 Å². The Hall–Kier alpha value is -1.67. The maximum Gasteiger partial charge on any atom is 0.323 e. The fourth-order valence-electron chi connectivity index (χ4n) is 1.27. The van der Waals surface area contributed by atoms with Crippen molar-refractivity contribution in [2.24, 2.45) is 0 Å². The van der Waals surface area contributed by atoms with Crippen molar-refractivity contribution in [1.82, 2.24) is 20.5 Å². The monoisotopic (exact) mass is 295 g/mol. The summed E-state index contributed by atoms with van der Waals surface area (Å²) >= 11 is 2.94. The molecule has 100 valence electrons. The highest BCUT2D eigenvalue weighted by atomic mass is 32.2. The van der Waals surface area contributed by atoms with Crippen molar-refractivity contribution in [1.29, 1.82) is 0 Å². The van der Waals surface area contributed by atoms with Crippen LogP contribution in [-0.4, -0.2) is 35.3 Å². The summed E-state index contributed by atoms with van der Waals surface area (Å²) in [7, 11) is 3.24. The van der Waals surface area contributed by atoms with Crippen LogP contribution in [-0.2, 0) is 5.75 Å². The van der Waals surface area contributed by atoms with Crippen LogP contribution in [0.15, 0.2) is 28.7 Å². The Labute approximate surface area is 119 Å². The normalized spacial score (nSPS) is 10.2. The van der Waals surface area contributed by atoms with Gasteiger partial charge in [-0.1, -0.05) is 29.2 Å². The first kappa shape index (κ1) is 13.8. The molecule has 2 aromatic rings. The first-order valence-electron chi connectivity index (χ1n) is 5.52. The van der Waals surface area contributed by atoms with Crippen molar-refractivity contribution < 1.29 is 4.79 Å². The van der Waals surface area contributed by atoms with Gasteiger partial charge in [-0.05, 0) is 12.1 Å². The number of thioether (sulfide) groups is 1. The third kappa shape index (κ3) is 3.65. The second kappa shape index (κ2) is 6.48. The number of urea groups is 1. The van der Waals surface area contributed by atoms with E-state index in [1.807, 2.05) is 18.2 Å². The Kier molecular flexibility index (Phi) is 4.69. The summed E-state index contributed by atoms with van der Waals surface area (Å²) in [6.07, 6.45) is 1.76. The third-order valence-corrected chi connectivity index (χ3v) is 4.44. The van der Waals surface area contributed by atoms with Crippen molar-refractivity contribution in [3.63, 3.8) is 0 Å². The zero-order valence-electron chi connectivity index (χ0n) is 10.5. The summed E-state index contributed by atoms with van der Waals surface area (Å²) < 4.78 is 0.816. The molecule has 2 heterocycles. The van der Waals surface area contributed by atoms with E-state index in [2.05, 4.69) is 20.5 Å². The van der Waals surface area contributed by atoms with Gasteiger partial charge in [-0.25, -0.2) is 4.79 Å². The van der Waals surface area contributed by atoms with Crippen molar-refractivity contribution in [2.75, 3.05) is 19.0 Å². The molecule has 2 amide bonds. The highest BCUT2D eigenvalue weighted by Crippen LogP contribution is 2.29. The molecule has 0 fully saturated rings. The van der Waals surface area contributed by atoms with Gasteiger partial charge in [0.15, 0.2) is 4.34 Å². The van der Waals surface area contributed by atoms with Crippen LogP contribution in [0.1, 0.15) is 5.69 Å². The van der Waals surface area contributed by atoms with Crippen LogP contribution in [0.4, 0.5) is 9.93 Å². The van der Waals surface area contributed by atoms with E-state index >= 15 is 0 Å². The summed E-state index contributed by atoms with van der Waals surface area (Å²) in [5.74, 6) is 0.735. The molecule has 0 aliphatic rings. The van der Waals surface area contributed by atoms with Crippen LogP contribution < -0.4 is 10.2 Å². The number of pyridine rings is 1. The molecule has 0 saturated heterocycles. The molecule has 0 saturated carbocycles. The molecule has 0 aliphatic heterocycles. The predicted octanol–water partition coefficient (Wildman–Crippen LogP) is 2.00. The lowest BCUT2D eigenvalue weighted by Crippen LogP contribution is -2.34. The second-order valence-electron chi connectivity index (χ2n) is 3.57. The molecule has 0 atom stereocenters. The minimum absolute atomic E-state index is 0.211. The molecule has 0 unspecified atom stereocenters. The molecule has 8 heteroatoms. The number of hydrogen-bond donors (Lipinski definition) is 1. The van der Waals surface area contributed by atoms with Gasteiger partial charge in [0.1, 0.15) is 0 Å². The molecular formula is C11H13N5OS2. The lowest BCUT2D eigenvalue weighted by Gasteiger charge is -2.10. The number of carbonyl (C=O) groups excluding carboxylic acids is 1. The molecule has 19 heavy (non-hydrogen) atoms. The maximum absolute atomic E-state index is 11.4. The topological polar surface area (TPSA) is 71.0 Å². The van der Waals surface area contributed by atoms with Gasteiger partial charge in [0.2, 0.25) is 5.13 Å². The second-order valence-corrected chi connectivity index (χ2v) is 5.75.